The number of pyridine rings is 2. The van der Waals surface area contributed by atoms with Gasteiger partial charge in [-0.1, -0.05) is 30.3 Å². The molecule has 0 fully saturated rings. The molecule has 90 valence electrons. The average molecular weight is 262 g/mol. The number of thiophene rings is 1. The van der Waals surface area contributed by atoms with E-state index in [0.29, 0.717) is 0 Å². The lowest BCUT2D eigenvalue weighted by Gasteiger charge is -2.04. The molecule has 4 aromatic rings. The maximum atomic E-state index is 4.79. The largest absolute Gasteiger partial charge is 0.254 e. The second-order valence-electron chi connectivity index (χ2n) is 4.39. The van der Waals surface area contributed by atoms with Gasteiger partial charge in [-0.2, -0.15) is 0 Å². The molecule has 0 radical (unpaired) electrons. The molecule has 2 nitrogen and oxygen atoms in total. The van der Waals surface area contributed by atoms with Crippen molar-refractivity contribution >= 4 is 33.1 Å². The lowest BCUT2D eigenvalue weighted by Crippen LogP contribution is -1.87. The summed E-state index contributed by atoms with van der Waals surface area (Å²) >= 11 is 1.71. The van der Waals surface area contributed by atoms with Gasteiger partial charge in [0.2, 0.25) is 0 Å². The predicted octanol–water partition coefficient (Wildman–Crippen LogP) is 4.51. The van der Waals surface area contributed by atoms with Crippen LogP contribution < -0.4 is 0 Å². The van der Waals surface area contributed by atoms with Crippen LogP contribution in [0, 0.1) is 0 Å². The molecule has 0 saturated carbocycles. The van der Waals surface area contributed by atoms with Gasteiger partial charge in [0.25, 0.3) is 0 Å². The van der Waals surface area contributed by atoms with Crippen molar-refractivity contribution in [2.45, 2.75) is 0 Å². The Morgan fingerprint density at radius 2 is 1.63 bits per heavy atom. The van der Waals surface area contributed by atoms with E-state index >= 15 is 0 Å². The molecule has 0 spiro atoms. The van der Waals surface area contributed by atoms with Crippen molar-refractivity contribution in [2.24, 2.45) is 0 Å². The van der Waals surface area contributed by atoms with Crippen LogP contribution in [0.4, 0.5) is 0 Å². The third-order valence-electron chi connectivity index (χ3n) is 3.21. The van der Waals surface area contributed by atoms with Crippen LogP contribution in [0.15, 0.2) is 60.1 Å². The van der Waals surface area contributed by atoms with Crippen molar-refractivity contribution in [2.75, 3.05) is 0 Å². The Kier molecular flexibility index (Phi) is 2.32. The van der Waals surface area contributed by atoms with Crippen molar-refractivity contribution < 1.29 is 0 Å². The second kappa shape index (κ2) is 4.14. The maximum absolute atomic E-state index is 4.79. The van der Waals surface area contributed by atoms with Gasteiger partial charge in [0.15, 0.2) is 0 Å². The molecule has 4 rings (SSSR count). The molecule has 0 aliphatic rings. The summed E-state index contributed by atoms with van der Waals surface area (Å²) in [6, 6.07) is 16.6. The van der Waals surface area contributed by atoms with Crippen LogP contribution in [-0.4, -0.2) is 9.97 Å². The fourth-order valence-corrected chi connectivity index (χ4v) is 2.98. The molecule has 3 heteroatoms. The minimum atomic E-state index is 0.971. The fourth-order valence-electron chi connectivity index (χ4n) is 2.29. The first-order valence-electron chi connectivity index (χ1n) is 6.10. The summed E-state index contributed by atoms with van der Waals surface area (Å²) in [4.78, 5) is 10.5. The summed E-state index contributed by atoms with van der Waals surface area (Å²) < 4.78 is 0. The van der Waals surface area contributed by atoms with Crippen molar-refractivity contribution in [3.8, 4) is 10.6 Å². The molecule has 0 unspecified atom stereocenters. The lowest BCUT2D eigenvalue weighted by atomic mass is 10.1. The van der Waals surface area contributed by atoms with E-state index < -0.39 is 0 Å². The van der Waals surface area contributed by atoms with Crippen molar-refractivity contribution in [3.05, 3.63) is 60.1 Å². The van der Waals surface area contributed by atoms with Gasteiger partial charge in [-0.3, -0.25) is 4.98 Å². The zero-order chi connectivity index (χ0) is 12.7. The molecule has 0 N–H and O–H groups in total. The molecule has 0 aliphatic heterocycles. The highest BCUT2D eigenvalue weighted by molar-refractivity contribution is 7.13. The van der Waals surface area contributed by atoms with Gasteiger partial charge in [-0.15, -0.1) is 11.3 Å². The van der Waals surface area contributed by atoms with Gasteiger partial charge in [0.1, 0.15) is 0 Å². The number of aromatic nitrogens is 2. The zero-order valence-corrected chi connectivity index (χ0v) is 10.9. The first-order valence-corrected chi connectivity index (χ1v) is 6.98. The molecule has 0 aliphatic carbocycles. The number of hydrogen-bond donors (Lipinski definition) is 0. The first kappa shape index (κ1) is 10.6. The molecular formula is C16H10N2S. The quantitative estimate of drug-likeness (QED) is 0.472. The summed E-state index contributed by atoms with van der Waals surface area (Å²) in [5.41, 5.74) is 2.96. The molecule has 0 saturated heterocycles. The fraction of sp³-hybridized carbons (Fsp3) is 0. The molecule has 19 heavy (non-hydrogen) atoms. The van der Waals surface area contributed by atoms with Crippen LogP contribution in [0.25, 0.3) is 32.4 Å². The number of hydrogen-bond acceptors (Lipinski definition) is 3. The Labute approximate surface area is 114 Å². The van der Waals surface area contributed by atoms with Gasteiger partial charge in [0, 0.05) is 17.0 Å². The normalized spacial score (nSPS) is 11.2. The highest BCUT2D eigenvalue weighted by atomic mass is 32.1. The summed E-state index contributed by atoms with van der Waals surface area (Å²) in [7, 11) is 0. The van der Waals surface area contributed by atoms with E-state index in [0.717, 1.165) is 27.5 Å². The smallest absolute Gasteiger partial charge is 0.0972 e. The Morgan fingerprint density at radius 1 is 0.789 bits per heavy atom. The number of nitrogens with zero attached hydrogens (tertiary/aromatic N) is 2. The molecule has 3 heterocycles. The third kappa shape index (κ3) is 1.71. The van der Waals surface area contributed by atoms with Crippen LogP contribution in [0.3, 0.4) is 0 Å². The number of fused-ring (bicyclic) bond motifs is 3. The van der Waals surface area contributed by atoms with Gasteiger partial charge >= 0.3 is 0 Å². The third-order valence-corrected chi connectivity index (χ3v) is 4.10. The van der Waals surface area contributed by atoms with E-state index in [9.17, 15) is 0 Å². The maximum Gasteiger partial charge on any atom is 0.0972 e. The number of benzene rings is 1. The van der Waals surface area contributed by atoms with E-state index in [1.165, 1.54) is 4.88 Å². The monoisotopic (exact) mass is 262 g/mol. The van der Waals surface area contributed by atoms with Gasteiger partial charge in [0.05, 0.1) is 21.6 Å². The highest BCUT2D eigenvalue weighted by Gasteiger charge is 2.06. The minimum absolute atomic E-state index is 0.971. The average Bonchev–Trinajstić information content (AvgIpc) is 3.01. The van der Waals surface area contributed by atoms with Crippen LogP contribution in [0.2, 0.25) is 0 Å². The van der Waals surface area contributed by atoms with Crippen LogP contribution >= 0.6 is 11.3 Å². The Balaban J connectivity index is 2.09. The van der Waals surface area contributed by atoms with E-state index in [1.807, 2.05) is 18.3 Å². The second-order valence-corrected chi connectivity index (χ2v) is 5.33. The SMILES string of the molecule is c1csc(-c2ccc3ccc4cccnc4c3n2)c1. The zero-order valence-electron chi connectivity index (χ0n) is 10.1. The van der Waals surface area contributed by atoms with Crippen molar-refractivity contribution in [3.63, 3.8) is 0 Å². The summed E-state index contributed by atoms with van der Waals surface area (Å²) in [6.07, 6.45) is 1.82. The van der Waals surface area contributed by atoms with Crippen LogP contribution in [0.5, 0.6) is 0 Å². The summed E-state index contributed by atoms with van der Waals surface area (Å²) in [5.74, 6) is 0. The van der Waals surface area contributed by atoms with E-state index in [-0.39, 0.29) is 0 Å². The predicted molar refractivity (Wildman–Crippen MR) is 80.4 cm³/mol. The van der Waals surface area contributed by atoms with Gasteiger partial charge in [-0.25, -0.2) is 4.98 Å². The molecular weight excluding hydrogens is 252 g/mol. The first-order chi connectivity index (χ1) is 9.42. The van der Waals surface area contributed by atoms with Crippen LogP contribution in [0.1, 0.15) is 0 Å². The molecule has 0 amide bonds. The molecule has 1 aromatic carbocycles. The molecule has 3 aromatic heterocycles. The molecule has 0 atom stereocenters. The standard InChI is InChI=1S/C16H10N2S/c1-3-11-5-6-12-7-8-13(14-4-2-10-19-14)18-16(12)15(11)17-9-1/h1-10H. The van der Waals surface area contributed by atoms with Crippen LogP contribution in [-0.2, 0) is 0 Å². The Bertz CT molecular complexity index is 866. The van der Waals surface area contributed by atoms with Crippen molar-refractivity contribution in [1.82, 2.24) is 9.97 Å². The highest BCUT2D eigenvalue weighted by Crippen LogP contribution is 2.27. The van der Waals surface area contributed by atoms with Crippen molar-refractivity contribution in [1.29, 1.82) is 0 Å². The van der Waals surface area contributed by atoms with E-state index in [1.54, 1.807) is 11.3 Å². The van der Waals surface area contributed by atoms with E-state index in [4.69, 9.17) is 4.98 Å². The Hall–Kier alpha value is -2.26. The molecule has 0 bridgehead atoms. The summed E-state index contributed by atoms with van der Waals surface area (Å²) in [6.45, 7) is 0. The Morgan fingerprint density at radius 3 is 2.47 bits per heavy atom. The minimum Gasteiger partial charge on any atom is -0.254 e. The van der Waals surface area contributed by atoms with Gasteiger partial charge < -0.3 is 0 Å². The number of rotatable bonds is 1. The van der Waals surface area contributed by atoms with Gasteiger partial charge in [-0.05, 0) is 23.6 Å². The van der Waals surface area contributed by atoms with E-state index in [2.05, 4.69) is 46.8 Å². The summed E-state index contributed by atoms with van der Waals surface area (Å²) in [5, 5.41) is 4.33. The topological polar surface area (TPSA) is 25.8 Å². The lowest BCUT2D eigenvalue weighted by molar-refractivity contribution is 1.38.